The van der Waals surface area contributed by atoms with Gasteiger partial charge in [-0.05, 0) is 89.7 Å². The number of halogens is 2. The number of allylic oxidation sites excluding steroid dienone is 1. The summed E-state index contributed by atoms with van der Waals surface area (Å²) in [5, 5.41) is 0. The van der Waals surface area contributed by atoms with E-state index in [9.17, 15) is 9.59 Å². The van der Waals surface area contributed by atoms with Gasteiger partial charge in [0.1, 0.15) is 12.4 Å². The number of hydrogen-bond donors (Lipinski definition) is 0. The van der Waals surface area contributed by atoms with Crippen molar-refractivity contribution < 1.29 is 14.3 Å². The molecule has 4 rings (SSSR count). The van der Waals surface area contributed by atoms with Crippen LogP contribution in [0.2, 0.25) is 0 Å². The molecule has 0 fully saturated rings. The highest BCUT2D eigenvalue weighted by molar-refractivity contribution is 14.1. The normalized spacial score (nSPS) is 15.4. The van der Waals surface area contributed by atoms with Crippen LogP contribution in [-0.2, 0) is 9.53 Å². The van der Waals surface area contributed by atoms with Crippen molar-refractivity contribution in [3.8, 4) is 5.75 Å². The molecule has 0 bridgehead atoms. The molecule has 0 spiro atoms. The quantitative estimate of drug-likeness (QED) is 0.198. The standard InChI is InChI=1S/C27H24I2N2O4S/c1-5-11-35-24-18(12-19(28)14-20(24)29)13-21-25(32)31-23(17-9-7-15(3)8-10-17)22(26(33)34-6-2)16(4)30-27(31)36-21/h5,7-10,12-14,23H,1,6,11H2,2-4H3/b21-13-/t23-/m1/s1. The molecule has 1 aliphatic rings. The number of carbonyl (C=O) groups excluding carboxylic acids is 1. The fraction of sp³-hybridized carbons (Fsp3) is 0.222. The zero-order valence-electron chi connectivity index (χ0n) is 20.0. The van der Waals surface area contributed by atoms with Gasteiger partial charge in [-0.2, -0.15) is 0 Å². The minimum atomic E-state index is -0.629. The molecule has 3 aromatic rings. The number of benzene rings is 2. The lowest BCUT2D eigenvalue weighted by Gasteiger charge is -2.24. The van der Waals surface area contributed by atoms with E-state index >= 15 is 0 Å². The number of carbonyl (C=O) groups is 1. The topological polar surface area (TPSA) is 69.9 Å². The number of hydrogen-bond acceptors (Lipinski definition) is 6. The van der Waals surface area contributed by atoms with Crippen molar-refractivity contribution >= 4 is 68.6 Å². The van der Waals surface area contributed by atoms with Gasteiger partial charge >= 0.3 is 5.97 Å². The van der Waals surface area contributed by atoms with Gasteiger partial charge in [-0.25, -0.2) is 9.79 Å². The van der Waals surface area contributed by atoms with Crippen LogP contribution in [0.25, 0.3) is 6.08 Å². The smallest absolute Gasteiger partial charge is 0.338 e. The van der Waals surface area contributed by atoms with Crippen molar-refractivity contribution in [3.05, 3.63) is 104 Å². The van der Waals surface area contributed by atoms with Crippen LogP contribution in [0.1, 0.15) is 36.6 Å². The Morgan fingerprint density at radius 1 is 1.22 bits per heavy atom. The highest BCUT2D eigenvalue weighted by Crippen LogP contribution is 2.31. The lowest BCUT2D eigenvalue weighted by Crippen LogP contribution is -2.39. The van der Waals surface area contributed by atoms with Crippen molar-refractivity contribution in [2.45, 2.75) is 26.8 Å². The number of thiazole rings is 1. The number of nitrogens with zero attached hydrogens (tertiary/aromatic N) is 2. The van der Waals surface area contributed by atoms with E-state index in [0.29, 0.717) is 33.0 Å². The second-order valence-electron chi connectivity index (χ2n) is 8.12. The molecule has 0 radical (unpaired) electrons. The first-order chi connectivity index (χ1) is 17.2. The van der Waals surface area contributed by atoms with Crippen molar-refractivity contribution in [2.75, 3.05) is 13.2 Å². The summed E-state index contributed by atoms with van der Waals surface area (Å²) in [6, 6.07) is 11.2. The number of esters is 1. The fourth-order valence-corrected chi connectivity index (χ4v) is 7.06. The Kier molecular flexibility index (Phi) is 8.51. The van der Waals surface area contributed by atoms with Crippen molar-refractivity contribution in [1.82, 2.24) is 4.57 Å². The summed E-state index contributed by atoms with van der Waals surface area (Å²) < 4.78 is 15.4. The first-order valence-corrected chi connectivity index (χ1v) is 14.2. The van der Waals surface area contributed by atoms with Crippen LogP contribution >= 0.6 is 56.5 Å². The summed E-state index contributed by atoms with van der Waals surface area (Å²) in [5.41, 5.74) is 3.41. The summed E-state index contributed by atoms with van der Waals surface area (Å²) in [6.07, 6.45) is 3.52. The molecule has 2 aromatic carbocycles. The second-order valence-corrected chi connectivity index (χ2v) is 11.5. The van der Waals surface area contributed by atoms with Crippen molar-refractivity contribution in [2.24, 2.45) is 4.99 Å². The van der Waals surface area contributed by atoms with E-state index in [0.717, 1.165) is 23.8 Å². The Hall–Kier alpha value is -2.25. The number of rotatable bonds is 7. The van der Waals surface area contributed by atoms with Crippen LogP contribution < -0.4 is 19.6 Å². The summed E-state index contributed by atoms with van der Waals surface area (Å²) in [4.78, 5) is 32.0. The van der Waals surface area contributed by atoms with Gasteiger partial charge in [0.15, 0.2) is 4.80 Å². The number of fused-ring (bicyclic) bond motifs is 1. The summed E-state index contributed by atoms with van der Waals surface area (Å²) in [7, 11) is 0. The number of aromatic nitrogens is 1. The van der Waals surface area contributed by atoms with Gasteiger partial charge in [-0.15, -0.1) is 0 Å². The van der Waals surface area contributed by atoms with Crippen LogP contribution in [0, 0.1) is 14.1 Å². The lowest BCUT2D eigenvalue weighted by molar-refractivity contribution is -0.139. The van der Waals surface area contributed by atoms with E-state index in [-0.39, 0.29) is 12.2 Å². The molecule has 0 saturated carbocycles. The molecule has 0 N–H and O–H groups in total. The SMILES string of the molecule is C=CCOc1c(I)cc(I)cc1/C=c1\sc2n(c1=O)[C@H](c1ccc(C)cc1)C(C(=O)OCC)=C(C)N=2. The maximum Gasteiger partial charge on any atom is 0.338 e. The molecule has 186 valence electrons. The molecule has 9 heteroatoms. The summed E-state index contributed by atoms with van der Waals surface area (Å²) >= 11 is 5.78. The molecule has 1 aliphatic heterocycles. The molecule has 0 aliphatic carbocycles. The van der Waals surface area contributed by atoms with Gasteiger partial charge in [-0.3, -0.25) is 9.36 Å². The van der Waals surface area contributed by atoms with Crippen LogP contribution in [0.3, 0.4) is 0 Å². The third-order valence-corrected chi connectivity index (χ3v) is 7.99. The first-order valence-electron chi connectivity index (χ1n) is 11.2. The average molecular weight is 726 g/mol. The maximum absolute atomic E-state index is 13.8. The van der Waals surface area contributed by atoms with Crippen LogP contribution in [0.15, 0.2) is 70.1 Å². The van der Waals surface area contributed by atoms with Gasteiger partial charge in [0.25, 0.3) is 5.56 Å². The van der Waals surface area contributed by atoms with Gasteiger partial charge in [0.05, 0.1) is 32.0 Å². The highest BCUT2D eigenvalue weighted by atomic mass is 127. The highest BCUT2D eigenvalue weighted by Gasteiger charge is 2.33. The minimum absolute atomic E-state index is 0.220. The Morgan fingerprint density at radius 2 is 1.94 bits per heavy atom. The zero-order chi connectivity index (χ0) is 26.0. The van der Waals surface area contributed by atoms with E-state index < -0.39 is 12.0 Å². The van der Waals surface area contributed by atoms with Gasteiger partial charge < -0.3 is 9.47 Å². The molecule has 6 nitrogen and oxygen atoms in total. The van der Waals surface area contributed by atoms with Gasteiger partial charge in [-0.1, -0.05) is 53.8 Å². The largest absolute Gasteiger partial charge is 0.488 e. The zero-order valence-corrected chi connectivity index (χ0v) is 25.1. The van der Waals surface area contributed by atoms with Crippen LogP contribution in [-0.4, -0.2) is 23.8 Å². The van der Waals surface area contributed by atoms with Crippen LogP contribution in [0.5, 0.6) is 5.75 Å². The van der Waals surface area contributed by atoms with E-state index in [1.807, 2.05) is 49.4 Å². The van der Waals surface area contributed by atoms with E-state index in [2.05, 4.69) is 56.8 Å². The number of aryl methyl sites for hydroxylation is 1. The third-order valence-electron chi connectivity index (χ3n) is 5.58. The fourth-order valence-electron chi connectivity index (χ4n) is 3.98. The van der Waals surface area contributed by atoms with Crippen molar-refractivity contribution in [3.63, 3.8) is 0 Å². The monoisotopic (exact) mass is 726 g/mol. The molecule has 0 saturated heterocycles. The number of ether oxygens (including phenoxy) is 2. The Morgan fingerprint density at radius 3 is 2.61 bits per heavy atom. The molecular weight excluding hydrogens is 702 g/mol. The molecular formula is C27H24I2N2O4S. The molecule has 1 atom stereocenters. The Bertz CT molecular complexity index is 1550. The predicted molar refractivity (Wildman–Crippen MR) is 159 cm³/mol. The van der Waals surface area contributed by atoms with E-state index in [1.165, 1.54) is 11.3 Å². The third kappa shape index (κ3) is 5.37. The average Bonchev–Trinajstić information content (AvgIpc) is 3.12. The first kappa shape index (κ1) is 26.8. The van der Waals surface area contributed by atoms with E-state index in [4.69, 9.17) is 9.47 Å². The molecule has 0 amide bonds. The minimum Gasteiger partial charge on any atom is -0.488 e. The summed E-state index contributed by atoms with van der Waals surface area (Å²) in [5.74, 6) is 0.228. The van der Waals surface area contributed by atoms with E-state index in [1.54, 1.807) is 24.5 Å². The molecule has 0 unspecified atom stereocenters. The Labute approximate surface area is 240 Å². The predicted octanol–water partition coefficient (Wildman–Crippen LogP) is 4.88. The maximum atomic E-state index is 13.8. The van der Waals surface area contributed by atoms with Crippen molar-refractivity contribution in [1.29, 1.82) is 0 Å². The second kappa shape index (κ2) is 11.4. The van der Waals surface area contributed by atoms with Gasteiger partial charge in [0.2, 0.25) is 0 Å². The van der Waals surface area contributed by atoms with Gasteiger partial charge in [0, 0.05) is 9.13 Å². The Balaban J connectivity index is 1.96. The lowest BCUT2D eigenvalue weighted by atomic mass is 9.95. The molecule has 1 aromatic heterocycles. The molecule has 36 heavy (non-hydrogen) atoms. The van der Waals surface area contributed by atoms with Crippen LogP contribution in [0.4, 0.5) is 0 Å². The summed E-state index contributed by atoms with van der Waals surface area (Å²) in [6.45, 7) is 9.87. The molecule has 2 heterocycles.